The molecule has 4 heteroatoms. The fourth-order valence-electron chi connectivity index (χ4n) is 1.84. The van der Waals surface area contributed by atoms with Gasteiger partial charge in [-0.05, 0) is 18.2 Å². The molecule has 1 aromatic heterocycles. The molecule has 2 aromatic rings. The Kier molecular flexibility index (Phi) is 3.24. The molecule has 0 aliphatic carbocycles. The smallest absolute Gasteiger partial charge is 0.213 e. The van der Waals surface area contributed by atoms with Gasteiger partial charge in [0.1, 0.15) is 5.82 Å². The van der Waals surface area contributed by atoms with Crippen molar-refractivity contribution in [3.63, 3.8) is 0 Å². The van der Waals surface area contributed by atoms with E-state index in [9.17, 15) is 9.50 Å². The van der Waals surface area contributed by atoms with Gasteiger partial charge in [-0.15, -0.1) is 0 Å². The van der Waals surface area contributed by atoms with E-state index in [1.54, 1.807) is 19.1 Å². The summed E-state index contributed by atoms with van der Waals surface area (Å²) in [5, 5.41) is 10.0. The molecule has 1 heterocycles. The first kappa shape index (κ1) is 11.8. The van der Waals surface area contributed by atoms with Gasteiger partial charge in [-0.2, -0.15) is 0 Å². The average molecular weight is 235 g/mol. The first-order valence-corrected chi connectivity index (χ1v) is 5.41. The second kappa shape index (κ2) is 4.67. The lowest BCUT2D eigenvalue weighted by Gasteiger charge is -2.13. The summed E-state index contributed by atoms with van der Waals surface area (Å²) < 4.78 is 18.8. The van der Waals surface area contributed by atoms with Crippen molar-refractivity contribution in [1.82, 2.24) is 4.98 Å². The standard InChI is InChI=1S/C13H14FNO2/c1-8(7-16)12-10(14)5-3-9-4-6-11(17-2)15-13(9)12/h3-6,8,16H,7H2,1-2H3. The Hall–Kier alpha value is -1.68. The van der Waals surface area contributed by atoms with E-state index >= 15 is 0 Å². The number of halogens is 1. The van der Waals surface area contributed by atoms with E-state index in [2.05, 4.69) is 4.98 Å². The third-order valence-electron chi connectivity index (χ3n) is 2.80. The van der Waals surface area contributed by atoms with E-state index in [4.69, 9.17) is 4.74 Å². The van der Waals surface area contributed by atoms with Gasteiger partial charge in [0, 0.05) is 29.5 Å². The van der Waals surface area contributed by atoms with Crippen molar-refractivity contribution in [1.29, 1.82) is 0 Å². The monoisotopic (exact) mass is 235 g/mol. The summed E-state index contributed by atoms with van der Waals surface area (Å²) in [6, 6.07) is 6.63. The Morgan fingerprint density at radius 2 is 2.06 bits per heavy atom. The van der Waals surface area contributed by atoms with Crippen LogP contribution in [0.1, 0.15) is 18.4 Å². The van der Waals surface area contributed by atoms with Crippen LogP contribution in [0.25, 0.3) is 10.9 Å². The quantitative estimate of drug-likeness (QED) is 0.888. The number of hydrogen-bond acceptors (Lipinski definition) is 3. The molecular formula is C13H14FNO2. The molecule has 0 aliphatic heterocycles. The summed E-state index contributed by atoms with van der Waals surface area (Å²) in [4.78, 5) is 4.25. The molecule has 0 saturated heterocycles. The van der Waals surface area contributed by atoms with Crippen molar-refractivity contribution < 1.29 is 14.2 Å². The van der Waals surface area contributed by atoms with Crippen LogP contribution in [-0.4, -0.2) is 23.8 Å². The van der Waals surface area contributed by atoms with Crippen LogP contribution < -0.4 is 4.74 Å². The number of ether oxygens (including phenoxy) is 1. The van der Waals surface area contributed by atoms with Gasteiger partial charge in [0.05, 0.1) is 12.6 Å². The van der Waals surface area contributed by atoms with Crippen LogP contribution in [0.2, 0.25) is 0 Å². The number of hydrogen-bond donors (Lipinski definition) is 1. The van der Waals surface area contributed by atoms with Crippen LogP contribution in [-0.2, 0) is 0 Å². The normalized spacial score (nSPS) is 12.7. The third kappa shape index (κ3) is 2.08. The summed E-state index contributed by atoms with van der Waals surface area (Å²) in [5.74, 6) is -0.201. The number of aliphatic hydroxyl groups is 1. The molecule has 0 radical (unpaired) electrons. The highest BCUT2D eigenvalue weighted by Gasteiger charge is 2.15. The van der Waals surface area contributed by atoms with Crippen molar-refractivity contribution in [2.75, 3.05) is 13.7 Å². The van der Waals surface area contributed by atoms with Crippen LogP contribution in [0.4, 0.5) is 4.39 Å². The van der Waals surface area contributed by atoms with Crippen molar-refractivity contribution >= 4 is 10.9 Å². The first-order valence-electron chi connectivity index (χ1n) is 5.41. The summed E-state index contributed by atoms with van der Waals surface area (Å²) >= 11 is 0. The summed E-state index contributed by atoms with van der Waals surface area (Å²) in [6.07, 6.45) is 0. The molecule has 0 aliphatic rings. The maximum atomic E-state index is 13.8. The number of aromatic nitrogens is 1. The predicted molar refractivity (Wildman–Crippen MR) is 63.8 cm³/mol. The lowest BCUT2D eigenvalue weighted by molar-refractivity contribution is 0.271. The van der Waals surface area contributed by atoms with Crippen molar-refractivity contribution in [3.05, 3.63) is 35.6 Å². The number of nitrogens with zero attached hydrogens (tertiary/aromatic N) is 1. The maximum absolute atomic E-state index is 13.8. The molecule has 0 bridgehead atoms. The van der Waals surface area contributed by atoms with E-state index in [0.29, 0.717) is 17.0 Å². The van der Waals surface area contributed by atoms with Crippen LogP contribution in [0.5, 0.6) is 5.88 Å². The number of rotatable bonds is 3. The van der Waals surface area contributed by atoms with Gasteiger partial charge in [0.25, 0.3) is 0 Å². The maximum Gasteiger partial charge on any atom is 0.213 e. The number of methoxy groups -OCH3 is 1. The van der Waals surface area contributed by atoms with Crippen molar-refractivity contribution in [2.24, 2.45) is 0 Å². The zero-order chi connectivity index (χ0) is 12.4. The van der Waals surface area contributed by atoms with Gasteiger partial charge in [-0.25, -0.2) is 9.37 Å². The van der Waals surface area contributed by atoms with E-state index in [1.807, 2.05) is 6.07 Å². The lowest BCUT2D eigenvalue weighted by Crippen LogP contribution is -2.04. The second-order valence-corrected chi connectivity index (χ2v) is 3.97. The molecule has 1 N–H and O–H groups in total. The summed E-state index contributed by atoms with van der Waals surface area (Å²) in [5.41, 5.74) is 0.981. The largest absolute Gasteiger partial charge is 0.481 e. The minimum atomic E-state index is -0.347. The van der Waals surface area contributed by atoms with Gasteiger partial charge in [0.15, 0.2) is 0 Å². The van der Waals surface area contributed by atoms with E-state index in [1.165, 1.54) is 13.2 Å². The molecule has 2 rings (SSSR count). The lowest BCUT2D eigenvalue weighted by atomic mass is 9.98. The molecule has 0 fully saturated rings. The second-order valence-electron chi connectivity index (χ2n) is 3.97. The summed E-state index contributed by atoms with van der Waals surface area (Å²) in [6.45, 7) is 1.65. The number of benzene rings is 1. The number of pyridine rings is 1. The van der Waals surface area contributed by atoms with Crippen molar-refractivity contribution in [2.45, 2.75) is 12.8 Å². The Labute approximate surface area is 98.9 Å². The molecular weight excluding hydrogens is 221 g/mol. The molecule has 3 nitrogen and oxygen atoms in total. The minimum absolute atomic E-state index is 0.116. The first-order chi connectivity index (χ1) is 8.17. The Morgan fingerprint density at radius 1 is 1.35 bits per heavy atom. The van der Waals surface area contributed by atoms with E-state index < -0.39 is 0 Å². The van der Waals surface area contributed by atoms with Gasteiger partial charge in [0.2, 0.25) is 5.88 Å². The molecule has 17 heavy (non-hydrogen) atoms. The predicted octanol–water partition coefficient (Wildman–Crippen LogP) is 2.48. The molecule has 0 spiro atoms. The van der Waals surface area contributed by atoms with E-state index in [-0.39, 0.29) is 18.3 Å². The minimum Gasteiger partial charge on any atom is -0.481 e. The molecule has 0 saturated carbocycles. The molecule has 0 amide bonds. The van der Waals surface area contributed by atoms with Crippen LogP contribution >= 0.6 is 0 Å². The Bertz CT molecular complexity index is 542. The highest BCUT2D eigenvalue weighted by molar-refractivity contribution is 5.83. The summed E-state index contributed by atoms with van der Waals surface area (Å²) in [7, 11) is 1.52. The third-order valence-corrected chi connectivity index (χ3v) is 2.80. The van der Waals surface area contributed by atoms with Crippen LogP contribution in [0.15, 0.2) is 24.3 Å². The number of fused-ring (bicyclic) bond motifs is 1. The Balaban J connectivity index is 2.73. The van der Waals surface area contributed by atoms with Gasteiger partial charge in [-0.3, -0.25) is 0 Å². The fraction of sp³-hybridized carbons (Fsp3) is 0.308. The Morgan fingerprint density at radius 3 is 2.71 bits per heavy atom. The highest BCUT2D eigenvalue weighted by Crippen LogP contribution is 2.28. The van der Waals surface area contributed by atoms with Crippen molar-refractivity contribution in [3.8, 4) is 5.88 Å². The zero-order valence-corrected chi connectivity index (χ0v) is 9.77. The SMILES string of the molecule is COc1ccc2ccc(F)c(C(C)CO)c2n1. The molecule has 1 atom stereocenters. The number of aliphatic hydroxyl groups excluding tert-OH is 1. The molecule has 90 valence electrons. The zero-order valence-electron chi connectivity index (χ0n) is 9.77. The fourth-order valence-corrected chi connectivity index (χ4v) is 1.84. The topological polar surface area (TPSA) is 42.4 Å². The van der Waals surface area contributed by atoms with Crippen LogP contribution in [0, 0.1) is 5.82 Å². The highest BCUT2D eigenvalue weighted by atomic mass is 19.1. The molecule has 1 unspecified atom stereocenters. The van der Waals surface area contributed by atoms with Gasteiger partial charge in [-0.1, -0.05) is 6.92 Å². The van der Waals surface area contributed by atoms with Gasteiger partial charge >= 0.3 is 0 Å². The average Bonchev–Trinajstić information content (AvgIpc) is 2.37. The van der Waals surface area contributed by atoms with Crippen LogP contribution in [0.3, 0.4) is 0 Å². The van der Waals surface area contributed by atoms with E-state index in [0.717, 1.165) is 5.39 Å². The van der Waals surface area contributed by atoms with Gasteiger partial charge < -0.3 is 9.84 Å². The molecule has 1 aromatic carbocycles.